The predicted octanol–water partition coefficient (Wildman–Crippen LogP) is 1.29. The molecule has 1 heterocycles. The molecule has 0 saturated carbocycles. The van der Waals surface area contributed by atoms with Gasteiger partial charge in [-0.1, -0.05) is 6.92 Å². The maximum absolute atomic E-state index is 5.44. The molecule has 0 amide bonds. The highest BCUT2D eigenvalue weighted by Gasteiger charge is 1.94. The molecule has 5 nitrogen and oxygen atoms in total. The SMILES string of the molecule is CCCOCCCNc1ccnc(N)n1. The first-order valence-electron chi connectivity index (χ1n) is 5.23. The summed E-state index contributed by atoms with van der Waals surface area (Å²) in [5.74, 6) is 1.06. The first-order valence-corrected chi connectivity index (χ1v) is 5.23. The number of nitrogen functional groups attached to an aromatic ring is 1. The molecule has 15 heavy (non-hydrogen) atoms. The van der Waals surface area contributed by atoms with Crippen LogP contribution in [0, 0.1) is 0 Å². The minimum Gasteiger partial charge on any atom is -0.381 e. The summed E-state index contributed by atoms with van der Waals surface area (Å²) in [5, 5.41) is 3.15. The van der Waals surface area contributed by atoms with Crippen molar-refractivity contribution >= 4 is 11.8 Å². The third-order valence-electron chi connectivity index (χ3n) is 1.79. The molecule has 0 unspecified atom stereocenters. The summed E-state index contributed by atoms with van der Waals surface area (Å²) in [6.07, 6.45) is 3.66. The summed E-state index contributed by atoms with van der Waals surface area (Å²) in [6, 6.07) is 1.79. The molecule has 0 aliphatic heterocycles. The van der Waals surface area contributed by atoms with Crippen LogP contribution in [0.3, 0.4) is 0 Å². The minimum atomic E-state index is 0.294. The van der Waals surface area contributed by atoms with Crippen molar-refractivity contribution in [3.8, 4) is 0 Å². The lowest BCUT2D eigenvalue weighted by Crippen LogP contribution is -2.08. The van der Waals surface area contributed by atoms with Crippen LogP contribution in [0.4, 0.5) is 11.8 Å². The zero-order valence-corrected chi connectivity index (χ0v) is 9.07. The van der Waals surface area contributed by atoms with E-state index in [2.05, 4.69) is 22.2 Å². The highest BCUT2D eigenvalue weighted by atomic mass is 16.5. The van der Waals surface area contributed by atoms with Crippen molar-refractivity contribution in [2.45, 2.75) is 19.8 Å². The van der Waals surface area contributed by atoms with Crippen LogP contribution in [0.1, 0.15) is 19.8 Å². The van der Waals surface area contributed by atoms with Crippen molar-refractivity contribution in [3.05, 3.63) is 12.3 Å². The third-order valence-corrected chi connectivity index (χ3v) is 1.79. The number of anilines is 2. The summed E-state index contributed by atoms with van der Waals surface area (Å²) >= 11 is 0. The third kappa shape index (κ3) is 5.17. The normalized spacial score (nSPS) is 10.2. The van der Waals surface area contributed by atoms with Crippen LogP contribution in [-0.2, 0) is 4.74 Å². The first kappa shape index (κ1) is 11.7. The molecule has 0 saturated heterocycles. The number of rotatable bonds is 7. The highest BCUT2D eigenvalue weighted by Crippen LogP contribution is 2.02. The average Bonchev–Trinajstić information content (AvgIpc) is 2.23. The van der Waals surface area contributed by atoms with Gasteiger partial charge in [-0.15, -0.1) is 0 Å². The summed E-state index contributed by atoms with van der Waals surface area (Å²) in [4.78, 5) is 7.83. The van der Waals surface area contributed by atoms with E-state index in [0.29, 0.717) is 5.95 Å². The van der Waals surface area contributed by atoms with E-state index in [1.807, 2.05) is 0 Å². The van der Waals surface area contributed by atoms with Crippen molar-refractivity contribution in [2.24, 2.45) is 0 Å². The van der Waals surface area contributed by atoms with Crippen molar-refractivity contribution in [1.29, 1.82) is 0 Å². The van der Waals surface area contributed by atoms with Crippen LogP contribution in [0.15, 0.2) is 12.3 Å². The molecule has 1 aromatic heterocycles. The molecule has 0 spiro atoms. The van der Waals surface area contributed by atoms with E-state index in [1.165, 1.54) is 0 Å². The van der Waals surface area contributed by atoms with Gasteiger partial charge in [0.15, 0.2) is 0 Å². The van der Waals surface area contributed by atoms with Gasteiger partial charge in [-0.25, -0.2) is 4.98 Å². The Morgan fingerprint density at radius 1 is 1.47 bits per heavy atom. The van der Waals surface area contributed by atoms with Crippen molar-refractivity contribution in [2.75, 3.05) is 30.8 Å². The largest absolute Gasteiger partial charge is 0.381 e. The molecule has 3 N–H and O–H groups in total. The number of nitrogens with two attached hydrogens (primary N) is 1. The van der Waals surface area contributed by atoms with Gasteiger partial charge >= 0.3 is 0 Å². The molecule has 0 fully saturated rings. The van der Waals surface area contributed by atoms with Crippen molar-refractivity contribution in [3.63, 3.8) is 0 Å². The number of aromatic nitrogens is 2. The van der Waals surface area contributed by atoms with Gasteiger partial charge < -0.3 is 15.8 Å². The lowest BCUT2D eigenvalue weighted by molar-refractivity contribution is 0.134. The molecule has 0 aliphatic carbocycles. The fourth-order valence-electron chi connectivity index (χ4n) is 1.11. The van der Waals surface area contributed by atoms with Gasteiger partial charge in [-0.05, 0) is 18.9 Å². The van der Waals surface area contributed by atoms with E-state index < -0.39 is 0 Å². The van der Waals surface area contributed by atoms with Crippen LogP contribution in [0.2, 0.25) is 0 Å². The summed E-state index contributed by atoms with van der Waals surface area (Å²) in [7, 11) is 0. The maximum atomic E-state index is 5.44. The van der Waals surface area contributed by atoms with Crippen LogP contribution in [0.25, 0.3) is 0 Å². The Bertz CT molecular complexity index is 280. The van der Waals surface area contributed by atoms with Crippen LogP contribution in [-0.4, -0.2) is 29.7 Å². The van der Waals surface area contributed by atoms with E-state index in [0.717, 1.165) is 38.4 Å². The van der Waals surface area contributed by atoms with E-state index in [-0.39, 0.29) is 0 Å². The van der Waals surface area contributed by atoms with Crippen molar-refractivity contribution < 1.29 is 4.74 Å². The number of nitrogens with one attached hydrogen (secondary N) is 1. The maximum Gasteiger partial charge on any atom is 0.221 e. The van der Waals surface area contributed by atoms with Crippen molar-refractivity contribution in [1.82, 2.24) is 9.97 Å². The summed E-state index contributed by atoms with van der Waals surface area (Å²) < 4.78 is 5.35. The molecule has 5 heteroatoms. The molecule has 1 aromatic rings. The Morgan fingerprint density at radius 3 is 3.07 bits per heavy atom. The van der Waals surface area contributed by atoms with E-state index in [9.17, 15) is 0 Å². The predicted molar refractivity (Wildman–Crippen MR) is 60.7 cm³/mol. The van der Waals surface area contributed by atoms with Gasteiger partial charge in [-0.3, -0.25) is 0 Å². The number of hydrogen-bond donors (Lipinski definition) is 2. The summed E-state index contributed by atoms with van der Waals surface area (Å²) in [5.41, 5.74) is 5.44. The van der Waals surface area contributed by atoms with Crippen LogP contribution in [0.5, 0.6) is 0 Å². The Labute approximate surface area is 90.1 Å². The number of hydrogen-bond acceptors (Lipinski definition) is 5. The zero-order chi connectivity index (χ0) is 10.9. The molecular weight excluding hydrogens is 192 g/mol. The van der Waals surface area contributed by atoms with E-state index in [4.69, 9.17) is 10.5 Å². The average molecular weight is 210 g/mol. The molecule has 0 aliphatic rings. The minimum absolute atomic E-state index is 0.294. The van der Waals surface area contributed by atoms with Crippen LogP contribution >= 0.6 is 0 Å². The van der Waals surface area contributed by atoms with E-state index >= 15 is 0 Å². The fraction of sp³-hybridized carbons (Fsp3) is 0.600. The highest BCUT2D eigenvalue weighted by molar-refractivity contribution is 5.36. The first-order chi connectivity index (χ1) is 7.33. The molecule has 0 atom stereocenters. The van der Waals surface area contributed by atoms with Gasteiger partial charge in [-0.2, -0.15) is 4.98 Å². The Morgan fingerprint density at radius 2 is 2.33 bits per heavy atom. The second-order valence-electron chi connectivity index (χ2n) is 3.19. The smallest absolute Gasteiger partial charge is 0.221 e. The zero-order valence-electron chi connectivity index (χ0n) is 9.07. The van der Waals surface area contributed by atoms with Crippen LogP contribution < -0.4 is 11.1 Å². The standard InChI is InChI=1S/C10H18N4O/c1-2-7-15-8-3-5-12-9-4-6-13-10(11)14-9/h4,6H,2-3,5,7-8H2,1H3,(H3,11,12,13,14). The Kier molecular flexibility index (Phi) is 5.47. The molecule has 0 bridgehead atoms. The molecule has 1 rings (SSSR count). The van der Waals surface area contributed by atoms with Gasteiger partial charge in [0.1, 0.15) is 5.82 Å². The topological polar surface area (TPSA) is 73.1 Å². The number of nitrogens with zero attached hydrogens (tertiary/aromatic N) is 2. The van der Waals surface area contributed by atoms with Gasteiger partial charge in [0.05, 0.1) is 0 Å². The molecule has 84 valence electrons. The second kappa shape index (κ2) is 7.00. The van der Waals surface area contributed by atoms with Gasteiger partial charge in [0.25, 0.3) is 0 Å². The monoisotopic (exact) mass is 210 g/mol. The molecule has 0 aromatic carbocycles. The Hall–Kier alpha value is -1.36. The fourth-order valence-corrected chi connectivity index (χ4v) is 1.11. The lowest BCUT2D eigenvalue weighted by atomic mass is 10.4. The van der Waals surface area contributed by atoms with E-state index in [1.54, 1.807) is 12.3 Å². The number of ether oxygens (including phenoxy) is 1. The van der Waals surface area contributed by atoms with Gasteiger partial charge in [0, 0.05) is 26.0 Å². The summed E-state index contributed by atoms with van der Waals surface area (Å²) in [6.45, 7) is 4.55. The molecule has 0 radical (unpaired) electrons. The Balaban J connectivity index is 2.10. The second-order valence-corrected chi connectivity index (χ2v) is 3.19. The van der Waals surface area contributed by atoms with Gasteiger partial charge in [0.2, 0.25) is 5.95 Å². The molecular formula is C10H18N4O. The lowest BCUT2D eigenvalue weighted by Gasteiger charge is -2.05. The quantitative estimate of drug-likeness (QED) is 0.663.